The van der Waals surface area contributed by atoms with Crippen LogP contribution in [0.3, 0.4) is 0 Å². The molecule has 0 fully saturated rings. The summed E-state index contributed by atoms with van der Waals surface area (Å²) in [5, 5.41) is 10.8. The van der Waals surface area contributed by atoms with Crippen LogP contribution in [-0.4, -0.2) is 27.2 Å². The Labute approximate surface area is 194 Å². The minimum atomic E-state index is -0.491. The lowest BCUT2D eigenvalue weighted by atomic mass is 9.98. The van der Waals surface area contributed by atoms with Crippen LogP contribution in [0.4, 0.5) is 5.82 Å². The van der Waals surface area contributed by atoms with Crippen LogP contribution in [0, 0.1) is 13.8 Å². The topological polar surface area (TPSA) is 71.8 Å². The highest BCUT2D eigenvalue weighted by Crippen LogP contribution is 2.20. The van der Waals surface area contributed by atoms with Gasteiger partial charge in [0.05, 0.1) is 17.6 Å². The van der Waals surface area contributed by atoms with Crippen molar-refractivity contribution in [2.24, 2.45) is 0 Å². The van der Waals surface area contributed by atoms with Crippen molar-refractivity contribution in [1.29, 1.82) is 0 Å². The van der Waals surface area contributed by atoms with Crippen molar-refractivity contribution in [3.05, 3.63) is 108 Å². The summed E-state index contributed by atoms with van der Waals surface area (Å²) in [7, 11) is 0. The Morgan fingerprint density at radius 2 is 1.70 bits per heavy atom. The number of carbonyl (C=O) groups excluding carboxylic acids is 1. The van der Waals surface area contributed by atoms with E-state index in [1.54, 1.807) is 16.9 Å². The van der Waals surface area contributed by atoms with Crippen molar-refractivity contribution < 1.29 is 4.79 Å². The Morgan fingerprint density at radius 1 is 0.939 bits per heavy atom. The zero-order chi connectivity index (χ0) is 23.2. The van der Waals surface area contributed by atoms with Gasteiger partial charge in [0.1, 0.15) is 11.9 Å². The van der Waals surface area contributed by atoms with Crippen LogP contribution in [0.5, 0.6) is 0 Å². The van der Waals surface area contributed by atoms with Crippen molar-refractivity contribution in [2.45, 2.75) is 32.7 Å². The second-order valence-corrected chi connectivity index (χ2v) is 8.36. The molecule has 0 saturated carbocycles. The molecule has 0 radical (unpaired) electrons. The Bertz CT molecular complexity index is 1180. The van der Waals surface area contributed by atoms with Crippen LogP contribution < -0.4 is 10.6 Å². The third-order valence-corrected chi connectivity index (χ3v) is 5.66. The largest absolute Gasteiger partial charge is 0.309 e. The number of rotatable bonds is 8. The maximum Gasteiger partial charge on any atom is 0.247 e. The molecule has 2 heterocycles. The van der Waals surface area contributed by atoms with Gasteiger partial charge in [0.2, 0.25) is 5.91 Å². The van der Waals surface area contributed by atoms with Crippen molar-refractivity contribution >= 4 is 11.7 Å². The summed E-state index contributed by atoms with van der Waals surface area (Å²) in [5.41, 5.74) is 5.16. The second-order valence-electron chi connectivity index (χ2n) is 8.36. The Balaban J connectivity index is 1.46. The summed E-state index contributed by atoms with van der Waals surface area (Å²) in [6.07, 6.45) is 3.58. The summed E-state index contributed by atoms with van der Waals surface area (Å²) < 4.78 is 1.76. The third-order valence-electron chi connectivity index (χ3n) is 5.66. The number of aryl methyl sites for hydroxylation is 2. The zero-order valence-electron chi connectivity index (χ0n) is 19.2. The van der Waals surface area contributed by atoms with Crippen molar-refractivity contribution in [1.82, 2.24) is 20.1 Å². The molecule has 0 bridgehead atoms. The van der Waals surface area contributed by atoms with E-state index in [9.17, 15) is 4.79 Å². The highest BCUT2D eigenvalue weighted by atomic mass is 16.2. The van der Waals surface area contributed by atoms with E-state index in [1.807, 2.05) is 55.6 Å². The van der Waals surface area contributed by atoms with Crippen LogP contribution in [0.2, 0.25) is 0 Å². The molecule has 2 atom stereocenters. The minimum Gasteiger partial charge on any atom is -0.309 e. The van der Waals surface area contributed by atoms with Gasteiger partial charge in [-0.2, -0.15) is 5.10 Å². The predicted octanol–water partition coefficient (Wildman–Crippen LogP) is 4.96. The van der Waals surface area contributed by atoms with Crippen molar-refractivity contribution in [3.63, 3.8) is 0 Å². The number of amides is 1. The summed E-state index contributed by atoms with van der Waals surface area (Å²) in [5.74, 6) is 0.619. The Kier molecular flexibility index (Phi) is 6.95. The molecule has 0 aliphatic rings. The van der Waals surface area contributed by atoms with Crippen molar-refractivity contribution in [2.75, 3.05) is 11.9 Å². The number of anilines is 1. The lowest BCUT2D eigenvalue weighted by Crippen LogP contribution is -2.35. The van der Waals surface area contributed by atoms with E-state index < -0.39 is 6.04 Å². The number of carbonyl (C=O) groups is 1. The van der Waals surface area contributed by atoms with Gasteiger partial charge in [-0.3, -0.25) is 4.79 Å². The number of nitrogens with one attached hydrogen (secondary N) is 2. The molecule has 0 spiro atoms. The summed E-state index contributed by atoms with van der Waals surface area (Å²) in [6, 6.07) is 23.4. The normalized spacial score (nSPS) is 12.8. The molecule has 4 rings (SSSR count). The Hall–Kier alpha value is -3.77. The molecule has 0 aliphatic carbocycles. The van der Waals surface area contributed by atoms with Gasteiger partial charge in [0, 0.05) is 12.7 Å². The summed E-state index contributed by atoms with van der Waals surface area (Å²) >= 11 is 0. The van der Waals surface area contributed by atoms with Crippen LogP contribution in [-0.2, 0) is 4.79 Å². The first-order valence-corrected chi connectivity index (χ1v) is 11.1. The molecule has 0 unspecified atom stereocenters. The smallest absolute Gasteiger partial charge is 0.247 e. The fourth-order valence-corrected chi connectivity index (χ4v) is 3.67. The average molecular weight is 440 g/mol. The van der Waals surface area contributed by atoms with Gasteiger partial charge in [-0.25, -0.2) is 9.67 Å². The molecule has 168 valence electrons. The number of pyridine rings is 1. The average Bonchev–Trinajstić information content (AvgIpc) is 3.27. The number of nitrogens with zero attached hydrogens (tertiary/aromatic N) is 3. The van der Waals surface area contributed by atoms with Gasteiger partial charge in [-0.1, -0.05) is 67.1 Å². The molecule has 2 N–H and O–H groups in total. The second kappa shape index (κ2) is 10.2. The zero-order valence-corrected chi connectivity index (χ0v) is 19.2. The SMILES string of the molecule is Cc1ccc([C@H](C)CN[C@H](C(=O)Nc2ccc(-n3ccc(C)n3)cn2)c2ccccc2)cc1. The highest BCUT2D eigenvalue weighted by molar-refractivity contribution is 5.94. The van der Waals surface area contributed by atoms with E-state index in [0.29, 0.717) is 12.4 Å². The molecule has 6 heteroatoms. The van der Waals surface area contributed by atoms with Gasteiger partial charge in [0.25, 0.3) is 0 Å². The van der Waals surface area contributed by atoms with Gasteiger partial charge in [-0.15, -0.1) is 0 Å². The number of benzene rings is 2. The molecule has 1 amide bonds. The lowest BCUT2D eigenvalue weighted by molar-refractivity contribution is -0.118. The van der Waals surface area contributed by atoms with Crippen LogP contribution in [0.15, 0.2) is 85.2 Å². The third kappa shape index (κ3) is 5.73. The lowest BCUT2D eigenvalue weighted by Gasteiger charge is -2.21. The minimum absolute atomic E-state index is 0.146. The van der Waals surface area contributed by atoms with E-state index in [4.69, 9.17) is 0 Å². The van der Waals surface area contributed by atoms with E-state index in [-0.39, 0.29) is 11.8 Å². The van der Waals surface area contributed by atoms with E-state index >= 15 is 0 Å². The predicted molar refractivity (Wildman–Crippen MR) is 132 cm³/mol. The van der Waals surface area contributed by atoms with Crippen LogP contribution >= 0.6 is 0 Å². The van der Waals surface area contributed by atoms with E-state index in [2.05, 4.69) is 58.8 Å². The van der Waals surface area contributed by atoms with Crippen molar-refractivity contribution in [3.8, 4) is 5.69 Å². The van der Waals surface area contributed by atoms with Crippen LogP contribution in [0.25, 0.3) is 5.69 Å². The molecule has 0 aliphatic heterocycles. The van der Waals surface area contributed by atoms with E-state index in [1.165, 1.54) is 11.1 Å². The molecular weight excluding hydrogens is 410 g/mol. The van der Waals surface area contributed by atoms with Crippen LogP contribution in [0.1, 0.15) is 41.3 Å². The first kappa shape index (κ1) is 22.4. The van der Waals surface area contributed by atoms with Gasteiger partial charge < -0.3 is 10.6 Å². The highest BCUT2D eigenvalue weighted by Gasteiger charge is 2.21. The maximum atomic E-state index is 13.2. The molecule has 2 aromatic heterocycles. The molecule has 6 nitrogen and oxygen atoms in total. The monoisotopic (exact) mass is 439 g/mol. The van der Waals surface area contributed by atoms with E-state index in [0.717, 1.165) is 16.9 Å². The first-order valence-electron chi connectivity index (χ1n) is 11.1. The maximum absolute atomic E-state index is 13.2. The molecular formula is C27H29N5O. The fourth-order valence-electron chi connectivity index (χ4n) is 3.67. The van der Waals surface area contributed by atoms with Gasteiger partial charge in [-0.05, 0) is 49.1 Å². The summed E-state index contributed by atoms with van der Waals surface area (Å²) in [6.45, 7) is 6.85. The number of aromatic nitrogens is 3. The first-order chi connectivity index (χ1) is 16.0. The van der Waals surface area contributed by atoms with Gasteiger partial charge in [0.15, 0.2) is 0 Å². The summed E-state index contributed by atoms with van der Waals surface area (Å²) in [4.78, 5) is 17.6. The quantitative estimate of drug-likeness (QED) is 0.407. The number of hydrogen-bond acceptors (Lipinski definition) is 4. The number of hydrogen-bond donors (Lipinski definition) is 2. The molecule has 0 saturated heterocycles. The van der Waals surface area contributed by atoms with Gasteiger partial charge >= 0.3 is 0 Å². The molecule has 2 aromatic carbocycles. The fraction of sp³-hybridized carbons (Fsp3) is 0.222. The molecule has 4 aromatic rings. The Morgan fingerprint density at radius 3 is 2.33 bits per heavy atom. The molecule has 33 heavy (non-hydrogen) atoms. The standard InChI is InChI=1S/C27H29N5O/c1-19-9-11-22(12-10-19)20(2)17-29-26(23-7-5-4-6-8-23)27(33)30-25-14-13-24(18-28-25)32-16-15-21(3)31-32/h4-16,18,20,26,29H,17H2,1-3H3,(H,28,30,33)/t20-,26+/m1/s1.